The molecule has 0 radical (unpaired) electrons. The lowest BCUT2D eigenvalue weighted by atomic mass is 9.92. The fourth-order valence-electron chi connectivity index (χ4n) is 7.68. The zero-order chi connectivity index (χ0) is 41.5. The number of nitrogens with two attached hydrogens (primary N) is 1. The van der Waals surface area contributed by atoms with Crippen LogP contribution in [0.25, 0.3) is 44.6 Å². The Hall–Kier alpha value is -6.23. The average Bonchev–Trinajstić information content (AvgIpc) is 3.72. The topological polar surface area (TPSA) is 175 Å². The highest BCUT2D eigenvalue weighted by Crippen LogP contribution is 2.34. The quantitative estimate of drug-likeness (QED) is 0.183. The maximum Gasteiger partial charge on any atom is 0.275 e. The Morgan fingerprint density at radius 2 is 1.32 bits per heavy atom. The summed E-state index contributed by atoms with van der Waals surface area (Å²) in [5, 5.41) is 3.80. The number of benzene rings is 2. The molecule has 2 amide bonds. The Kier molecular flexibility index (Phi) is 10.9. The molecular weight excluding hydrogens is 763 g/mol. The van der Waals surface area contributed by atoms with Crippen molar-refractivity contribution in [3.63, 3.8) is 0 Å². The maximum absolute atomic E-state index is 13.6. The molecule has 302 valence electrons. The number of aryl methyl sites for hydroxylation is 2. The number of thiazole rings is 1. The van der Waals surface area contributed by atoms with Crippen molar-refractivity contribution in [1.29, 1.82) is 0 Å². The molecule has 0 saturated heterocycles. The van der Waals surface area contributed by atoms with Crippen molar-refractivity contribution in [3.8, 4) is 44.6 Å². The number of rotatable bonds is 9. The van der Waals surface area contributed by atoms with E-state index < -0.39 is 0 Å². The number of amides is 2. The van der Waals surface area contributed by atoms with Gasteiger partial charge in [-0.05, 0) is 98.4 Å². The predicted molar refractivity (Wildman–Crippen MR) is 230 cm³/mol. The van der Waals surface area contributed by atoms with Crippen LogP contribution in [0.2, 0.25) is 0 Å². The molecule has 4 aromatic heterocycles. The summed E-state index contributed by atoms with van der Waals surface area (Å²) in [5.41, 5.74) is 18.8. The van der Waals surface area contributed by atoms with Crippen LogP contribution in [-0.4, -0.2) is 121 Å². The van der Waals surface area contributed by atoms with E-state index in [0.29, 0.717) is 44.2 Å². The van der Waals surface area contributed by atoms with Gasteiger partial charge in [-0.1, -0.05) is 0 Å². The third kappa shape index (κ3) is 8.11. The molecule has 8 rings (SSSR count). The Morgan fingerprint density at radius 1 is 0.729 bits per heavy atom. The van der Waals surface area contributed by atoms with Gasteiger partial charge in [0.25, 0.3) is 11.8 Å². The number of nitrogens with zero attached hydrogens (tertiary/aromatic N) is 11. The Labute approximate surface area is 347 Å². The van der Waals surface area contributed by atoms with Gasteiger partial charge in [-0.3, -0.25) is 14.6 Å². The molecule has 0 saturated carbocycles. The summed E-state index contributed by atoms with van der Waals surface area (Å²) >= 11 is 1.24. The largest absolute Gasteiger partial charge is 0.382 e. The van der Waals surface area contributed by atoms with Gasteiger partial charge in [0.15, 0.2) is 11.6 Å². The second-order valence-corrected chi connectivity index (χ2v) is 16.7. The summed E-state index contributed by atoms with van der Waals surface area (Å²) in [6.07, 6.45) is 9.88. The van der Waals surface area contributed by atoms with Crippen LogP contribution >= 0.6 is 11.3 Å². The van der Waals surface area contributed by atoms with Crippen molar-refractivity contribution in [2.24, 2.45) is 0 Å². The molecule has 2 aromatic carbocycles. The number of hydrogen-bond donors (Lipinski definition) is 2. The standard InChI is InChI=1S/C43H47N13O2S/c1-24-12-26(14-28-21-54(5)10-8-30(24)28)32-16-47-39(44)37(51-32)34-18-46-35(19-45-34)42(57)56(7)23-50-40-38(41-49-20-36(59-41)43(58)53(3)4)52-33(17-48-40)27-13-25(2)31-9-11-55(6)22-29(31)15-27/h12-20H,8-11,21-23H2,1-7H3,(H2,44,47)(H,48,50). The third-order valence-corrected chi connectivity index (χ3v) is 11.9. The first-order valence-electron chi connectivity index (χ1n) is 19.4. The molecule has 16 heteroatoms. The van der Waals surface area contributed by atoms with Crippen LogP contribution in [0.1, 0.15) is 53.5 Å². The molecule has 3 N–H and O–H groups in total. The highest BCUT2D eigenvalue weighted by atomic mass is 32.1. The number of carbonyl (C=O) groups excluding carboxylic acids is 2. The highest BCUT2D eigenvalue weighted by molar-refractivity contribution is 7.16. The number of carbonyl (C=O) groups is 2. The Bertz CT molecular complexity index is 2590. The van der Waals surface area contributed by atoms with Crippen molar-refractivity contribution in [2.75, 3.05) is 66.0 Å². The molecular formula is C43H47N13O2S. The van der Waals surface area contributed by atoms with E-state index in [1.54, 1.807) is 39.7 Å². The van der Waals surface area contributed by atoms with E-state index >= 15 is 0 Å². The molecule has 0 aliphatic carbocycles. The van der Waals surface area contributed by atoms with E-state index in [4.69, 9.17) is 20.7 Å². The smallest absolute Gasteiger partial charge is 0.275 e. The van der Waals surface area contributed by atoms with Gasteiger partial charge in [0, 0.05) is 58.4 Å². The Morgan fingerprint density at radius 3 is 1.92 bits per heavy atom. The molecule has 6 heterocycles. The SMILES string of the molecule is Cc1cc(-c2cnc(N)c(-c3cnc(C(=O)N(C)CNc4ncc(-c5cc(C)c6c(c5)CN(C)CC6)nc4-c4ncc(C(=O)N(C)C)s4)cn3)n2)cc2c1CCN(C)C2. The number of aromatic nitrogens is 7. The second-order valence-electron chi connectivity index (χ2n) is 15.6. The molecule has 0 spiro atoms. The van der Waals surface area contributed by atoms with Crippen LogP contribution in [0.3, 0.4) is 0 Å². The zero-order valence-corrected chi connectivity index (χ0v) is 35.2. The van der Waals surface area contributed by atoms with Crippen LogP contribution < -0.4 is 11.1 Å². The predicted octanol–water partition coefficient (Wildman–Crippen LogP) is 5.20. The molecule has 15 nitrogen and oxygen atoms in total. The lowest BCUT2D eigenvalue weighted by molar-refractivity contribution is 0.0797. The number of likely N-dealkylation sites (N-methyl/N-ethyl adjacent to an activating group) is 2. The minimum atomic E-state index is -0.368. The molecule has 0 atom stereocenters. The molecule has 2 aliphatic rings. The third-order valence-electron chi connectivity index (χ3n) is 10.9. The summed E-state index contributed by atoms with van der Waals surface area (Å²) in [5.74, 6) is 0.109. The van der Waals surface area contributed by atoms with E-state index in [1.165, 1.54) is 66.9 Å². The van der Waals surface area contributed by atoms with Gasteiger partial charge < -0.3 is 30.7 Å². The van der Waals surface area contributed by atoms with E-state index in [2.05, 4.69) is 87.3 Å². The average molecular weight is 810 g/mol. The minimum absolute atomic E-state index is 0.0683. The molecule has 0 unspecified atom stereocenters. The molecule has 59 heavy (non-hydrogen) atoms. The normalized spacial score (nSPS) is 14.1. The second kappa shape index (κ2) is 16.2. The molecule has 6 aromatic rings. The number of nitrogen functional groups attached to an aromatic ring is 1. The summed E-state index contributed by atoms with van der Waals surface area (Å²) < 4.78 is 0. The van der Waals surface area contributed by atoms with Gasteiger partial charge in [-0.2, -0.15) is 0 Å². The van der Waals surface area contributed by atoms with Crippen LogP contribution in [0, 0.1) is 13.8 Å². The highest BCUT2D eigenvalue weighted by Gasteiger charge is 2.23. The van der Waals surface area contributed by atoms with Gasteiger partial charge in [0.2, 0.25) is 0 Å². The fourth-order valence-corrected chi connectivity index (χ4v) is 8.60. The van der Waals surface area contributed by atoms with E-state index in [9.17, 15) is 9.59 Å². The number of fused-ring (bicyclic) bond motifs is 2. The fraction of sp³-hybridized carbons (Fsp3) is 0.326. The van der Waals surface area contributed by atoms with Gasteiger partial charge in [-0.25, -0.2) is 29.9 Å². The zero-order valence-electron chi connectivity index (χ0n) is 34.4. The van der Waals surface area contributed by atoms with Gasteiger partial charge in [0.05, 0.1) is 49.0 Å². The Balaban J connectivity index is 1.02. The van der Waals surface area contributed by atoms with Crippen molar-refractivity contribution in [1.82, 2.24) is 54.5 Å². The van der Waals surface area contributed by atoms with Crippen LogP contribution in [0.15, 0.2) is 55.2 Å². The molecule has 0 fully saturated rings. The monoisotopic (exact) mass is 809 g/mol. The van der Waals surface area contributed by atoms with Gasteiger partial charge in [0.1, 0.15) is 32.7 Å². The molecule has 0 bridgehead atoms. The first-order valence-corrected chi connectivity index (χ1v) is 20.3. The lowest BCUT2D eigenvalue weighted by Gasteiger charge is -2.27. The van der Waals surface area contributed by atoms with Crippen molar-refractivity contribution in [2.45, 2.75) is 39.8 Å². The van der Waals surface area contributed by atoms with Crippen molar-refractivity contribution in [3.05, 3.63) is 99.2 Å². The minimum Gasteiger partial charge on any atom is -0.382 e. The van der Waals surface area contributed by atoms with Crippen LogP contribution in [0.4, 0.5) is 11.6 Å². The van der Waals surface area contributed by atoms with E-state index in [-0.39, 0.29) is 30.0 Å². The maximum atomic E-state index is 13.6. The van der Waals surface area contributed by atoms with E-state index in [1.807, 2.05) is 0 Å². The van der Waals surface area contributed by atoms with Crippen molar-refractivity contribution < 1.29 is 9.59 Å². The summed E-state index contributed by atoms with van der Waals surface area (Å²) in [4.78, 5) is 67.2. The van der Waals surface area contributed by atoms with Gasteiger partial charge >= 0.3 is 0 Å². The lowest BCUT2D eigenvalue weighted by Crippen LogP contribution is -2.32. The van der Waals surface area contributed by atoms with E-state index in [0.717, 1.165) is 50.1 Å². The summed E-state index contributed by atoms with van der Waals surface area (Å²) in [6, 6.07) is 8.66. The number of nitrogens with one attached hydrogen (secondary N) is 1. The molecule has 2 aliphatic heterocycles. The summed E-state index contributed by atoms with van der Waals surface area (Å²) in [7, 11) is 9.31. The van der Waals surface area contributed by atoms with Gasteiger partial charge in [-0.15, -0.1) is 11.3 Å². The summed E-state index contributed by atoms with van der Waals surface area (Å²) in [6.45, 7) is 8.15. The van der Waals surface area contributed by atoms with Crippen molar-refractivity contribution >= 4 is 34.8 Å². The number of hydrogen-bond acceptors (Lipinski definition) is 14. The first kappa shape index (κ1) is 39.6. The number of anilines is 2. The first-order chi connectivity index (χ1) is 28.3. The van der Waals surface area contributed by atoms with Crippen LogP contribution in [-0.2, 0) is 25.9 Å². The van der Waals surface area contributed by atoms with Crippen LogP contribution in [0.5, 0.6) is 0 Å².